The first-order valence-electron chi connectivity index (χ1n) is 6.64. The van der Waals surface area contributed by atoms with Crippen molar-refractivity contribution in [3.8, 4) is 0 Å². The zero-order valence-electron chi connectivity index (χ0n) is 11.3. The van der Waals surface area contributed by atoms with E-state index in [9.17, 15) is 0 Å². The number of hydrogen-bond donors (Lipinski definition) is 1. The highest BCUT2D eigenvalue weighted by atomic mass is 16.5. The number of pyridine rings is 1. The summed E-state index contributed by atoms with van der Waals surface area (Å²) in [6.45, 7) is 4.98. The van der Waals surface area contributed by atoms with Gasteiger partial charge in [0.15, 0.2) is 0 Å². The van der Waals surface area contributed by atoms with Crippen molar-refractivity contribution < 1.29 is 4.74 Å². The average molecular weight is 249 g/mol. The van der Waals surface area contributed by atoms with E-state index in [2.05, 4.69) is 16.0 Å². The third-order valence-electron chi connectivity index (χ3n) is 3.40. The summed E-state index contributed by atoms with van der Waals surface area (Å²) in [6, 6.07) is 4.30. The Morgan fingerprint density at radius 3 is 3.17 bits per heavy atom. The van der Waals surface area contributed by atoms with Gasteiger partial charge in [0.05, 0.1) is 6.61 Å². The normalized spacial score (nSPS) is 21.3. The molecule has 2 N–H and O–H groups in total. The quantitative estimate of drug-likeness (QED) is 0.858. The van der Waals surface area contributed by atoms with Gasteiger partial charge >= 0.3 is 0 Å². The third kappa shape index (κ3) is 3.21. The van der Waals surface area contributed by atoms with Crippen molar-refractivity contribution >= 4 is 5.82 Å². The van der Waals surface area contributed by atoms with Crippen LogP contribution in [0.25, 0.3) is 0 Å². The van der Waals surface area contributed by atoms with Crippen LogP contribution in [-0.4, -0.2) is 37.8 Å². The fourth-order valence-corrected chi connectivity index (χ4v) is 2.62. The van der Waals surface area contributed by atoms with Gasteiger partial charge in [0.2, 0.25) is 0 Å². The molecule has 0 aromatic carbocycles. The van der Waals surface area contributed by atoms with Crippen LogP contribution in [-0.2, 0) is 11.2 Å². The summed E-state index contributed by atoms with van der Waals surface area (Å²) in [5.74, 6) is 1.73. The van der Waals surface area contributed by atoms with Crippen LogP contribution in [0.2, 0.25) is 0 Å². The van der Waals surface area contributed by atoms with E-state index in [-0.39, 0.29) is 6.04 Å². The zero-order chi connectivity index (χ0) is 13.0. The highest BCUT2D eigenvalue weighted by Gasteiger charge is 2.24. The number of anilines is 1. The Morgan fingerprint density at radius 1 is 1.61 bits per heavy atom. The summed E-state index contributed by atoms with van der Waals surface area (Å²) < 4.78 is 5.24. The highest BCUT2D eigenvalue weighted by molar-refractivity contribution is 5.48. The van der Waals surface area contributed by atoms with Crippen molar-refractivity contribution in [2.24, 2.45) is 11.7 Å². The first kappa shape index (κ1) is 13.3. The molecule has 0 saturated carbocycles. The minimum absolute atomic E-state index is 0.172. The van der Waals surface area contributed by atoms with E-state index in [4.69, 9.17) is 10.5 Å². The summed E-state index contributed by atoms with van der Waals surface area (Å²) in [6.07, 6.45) is 3.93. The molecule has 4 heteroatoms. The molecule has 0 bridgehead atoms. The molecule has 2 unspecified atom stereocenters. The van der Waals surface area contributed by atoms with Crippen LogP contribution < -0.4 is 10.6 Å². The van der Waals surface area contributed by atoms with Gasteiger partial charge in [-0.3, -0.25) is 0 Å². The lowest BCUT2D eigenvalue weighted by Gasteiger charge is -2.21. The predicted molar refractivity (Wildman–Crippen MR) is 73.8 cm³/mol. The molecule has 2 heterocycles. The average Bonchev–Trinajstić information content (AvgIpc) is 2.78. The topological polar surface area (TPSA) is 51.4 Å². The van der Waals surface area contributed by atoms with Crippen molar-refractivity contribution in [3.05, 3.63) is 23.9 Å². The number of hydrogen-bond acceptors (Lipinski definition) is 4. The molecule has 2 rings (SSSR count). The van der Waals surface area contributed by atoms with Crippen molar-refractivity contribution in [2.45, 2.75) is 25.8 Å². The Kier molecular flexibility index (Phi) is 4.55. The molecule has 1 fully saturated rings. The molecule has 2 atom stereocenters. The van der Waals surface area contributed by atoms with Crippen molar-refractivity contribution in [2.75, 3.05) is 31.7 Å². The minimum Gasteiger partial charge on any atom is -0.384 e. The Labute approximate surface area is 109 Å². The molecule has 1 saturated heterocycles. The third-order valence-corrected chi connectivity index (χ3v) is 3.40. The molecule has 1 aromatic heterocycles. The van der Waals surface area contributed by atoms with Crippen LogP contribution in [0.4, 0.5) is 5.82 Å². The van der Waals surface area contributed by atoms with E-state index >= 15 is 0 Å². The number of nitrogens with zero attached hydrogens (tertiary/aromatic N) is 2. The maximum absolute atomic E-state index is 5.90. The zero-order valence-corrected chi connectivity index (χ0v) is 11.3. The van der Waals surface area contributed by atoms with Crippen LogP contribution in [0.1, 0.15) is 18.9 Å². The smallest absolute Gasteiger partial charge is 0.131 e. The minimum atomic E-state index is 0.172. The lowest BCUT2D eigenvalue weighted by Crippen LogP contribution is -2.25. The molecule has 1 aliphatic heterocycles. The molecule has 18 heavy (non-hydrogen) atoms. The van der Waals surface area contributed by atoms with Gasteiger partial charge in [-0.1, -0.05) is 6.07 Å². The number of methoxy groups -OCH3 is 1. The standard InChI is InChI=1S/C14H23N3O/c1-11(15)8-13-4-3-6-16-14(13)17-7-5-12(9-17)10-18-2/h3-4,6,11-12H,5,7-10,15H2,1-2H3. The predicted octanol–water partition coefficient (Wildman–Crippen LogP) is 1.44. The fourth-order valence-electron chi connectivity index (χ4n) is 2.62. The largest absolute Gasteiger partial charge is 0.384 e. The fraction of sp³-hybridized carbons (Fsp3) is 0.643. The highest BCUT2D eigenvalue weighted by Crippen LogP contribution is 2.25. The lowest BCUT2D eigenvalue weighted by molar-refractivity contribution is 0.161. The molecule has 1 aliphatic rings. The van der Waals surface area contributed by atoms with E-state index in [1.54, 1.807) is 7.11 Å². The van der Waals surface area contributed by atoms with Gasteiger partial charge in [0.1, 0.15) is 5.82 Å². The van der Waals surface area contributed by atoms with Gasteiger partial charge in [0, 0.05) is 38.4 Å². The number of ether oxygens (including phenoxy) is 1. The van der Waals surface area contributed by atoms with E-state index in [1.165, 1.54) is 12.0 Å². The van der Waals surface area contributed by atoms with Crippen LogP contribution in [0, 0.1) is 5.92 Å². The van der Waals surface area contributed by atoms with E-state index in [0.29, 0.717) is 5.92 Å². The van der Waals surface area contributed by atoms with Crippen LogP contribution in [0.5, 0.6) is 0 Å². The molecular formula is C14H23N3O. The molecule has 0 amide bonds. The van der Waals surface area contributed by atoms with Gasteiger partial charge < -0.3 is 15.4 Å². The van der Waals surface area contributed by atoms with Gasteiger partial charge in [-0.25, -0.2) is 4.98 Å². The summed E-state index contributed by atoms with van der Waals surface area (Å²) in [4.78, 5) is 6.90. The second-order valence-electron chi connectivity index (χ2n) is 5.22. The summed E-state index contributed by atoms with van der Waals surface area (Å²) in [5.41, 5.74) is 7.16. The van der Waals surface area contributed by atoms with Gasteiger partial charge in [-0.05, 0) is 31.4 Å². The first-order valence-corrected chi connectivity index (χ1v) is 6.64. The second-order valence-corrected chi connectivity index (χ2v) is 5.22. The molecular weight excluding hydrogens is 226 g/mol. The molecule has 1 aromatic rings. The number of nitrogens with two attached hydrogens (primary N) is 1. The monoisotopic (exact) mass is 249 g/mol. The SMILES string of the molecule is COCC1CCN(c2ncccc2CC(C)N)C1. The maximum Gasteiger partial charge on any atom is 0.131 e. The van der Waals surface area contributed by atoms with Gasteiger partial charge in [-0.15, -0.1) is 0 Å². The second kappa shape index (κ2) is 6.16. The Hall–Kier alpha value is -1.13. The summed E-state index contributed by atoms with van der Waals surface area (Å²) in [5, 5.41) is 0. The molecule has 0 radical (unpaired) electrons. The molecule has 0 spiro atoms. The number of rotatable bonds is 5. The van der Waals surface area contributed by atoms with Crippen LogP contribution in [0.15, 0.2) is 18.3 Å². The van der Waals surface area contributed by atoms with E-state index in [1.807, 2.05) is 19.2 Å². The van der Waals surface area contributed by atoms with Crippen LogP contribution >= 0.6 is 0 Å². The molecule has 0 aliphatic carbocycles. The Bertz CT molecular complexity index is 381. The van der Waals surface area contributed by atoms with E-state index in [0.717, 1.165) is 31.9 Å². The first-order chi connectivity index (χ1) is 8.70. The van der Waals surface area contributed by atoms with E-state index < -0.39 is 0 Å². The van der Waals surface area contributed by atoms with Gasteiger partial charge in [-0.2, -0.15) is 0 Å². The Balaban J connectivity index is 2.09. The van der Waals surface area contributed by atoms with Crippen molar-refractivity contribution in [1.82, 2.24) is 4.98 Å². The molecule has 4 nitrogen and oxygen atoms in total. The molecule has 100 valence electrons. The lowest BCUT2D eigenvalue weighted by atomic mass is 10.1. The maximum atomic E-state index is 5.90. The van der Waals surface area contributed by atoms with Gasteiger partial charge in [0.25, 0.3) is 0 Å². The summed E-state index contributed by atoms with van der Waals surface area (Å²) >= 11 is 0. The Morgan fingerprint density at radius 2 is 2.44 bits per heavy atom. The van der Waals surface area contributed by atoms with Crippen molar-refractivity contribution in [3.63, 3.8) is 0 Å². The van der Waals surface area contributed by atoms with Crippen LogP contribution in [0.3, 0.4) is 0 Å². The number of aromatic nitrogens is 1. The van der Waals surface area contributed by atoms with Crippen molar-refractivity contribution in [1.29, 1.82) is 0 Å². The summed E-state index contributed by atoms with van der Waals surface area (Å²) in [7, 11) is 1.77.